The highest BCUT2D eigenvalue weighted by molar-refractivity contribution is 6.30. The number of carbonyl (C=O) groups excluding carboxylic acids is 1. The number of piperidine rings is 1. The highest BCUT2D eigenvalue weighted by atomic mass is 35.5. The zero-order valence-corrected chi connectivity index (χ0v) is 18.9. The van der Waals surface area contributed by atoms with Gasteiger partial charge in [0.15, 0.2) is 5.65 Å². The van der Waals surface area contributed by atoms with Crippen LogP contribution < -0.4 is 16.0 Å². The minimum Gasteiger partial charge on any atom is -0.366 e. The van der Waals surface area contributed by atoms with Crippen LogP contribution in [0.5, 0.6) is 0 Å². The van der Waals surface area contributed by atoms with Crippen molar-refractivity contribution < 1.29 is 4.79 Å². The summed E-state index contributed by atoms with van der Waals surface area (Å²) >= 11 is 6.16. The number of carbonyl (C=O) groups is 1. The summed E-state index contributed by atoms with van der Waals surface area (Å²) in [6.45, 7) is 1.52. The van der Waals surface area contributed by atoms with E-state index in [9.17, 15) is 4.79 Å². The van der Waals surface area contributed by atoms with Gasteiger partial charge in [-0.3, -0.25) is 4.79 Å². The lowest BCUT2D eigenvalue weighted by Crippen LogP contribution is -2.44. The number of anilines is 2. The maximum atomic E-state index is 13.2. The fourth-order valence-electron chi connectivity index (χ4n) is 4.43. The fraction of sp³-hybridized carbons (Fsp3) is 0.240. The quantitative estimate of drug-likeness (QED) is 0.453. The zero-order valence-electron chi connectivity index (χ0n) is 18.1. The summed E-state index contributed by atoms with van der Waals surface area (Å²) in [5.74, 6) is -0.274. The Balaban J connectivity index is 1.45. The van der Waals surface area contributed by atoms with Gasteiger partial charge in [0.05, 0.1) is 17.6 Å². The average molecular weight is 461 g/mol. The molecule has 1 unspecified atom stereocenters. The number of nitrogens with one attached hydrogen (secondary N) is 1. The fourth-order valence-corrected chi connectivity index (χ4v) is 4.62. The van der Waals surface area contributed by atoms with Gasteiger partial charge in [-0.2, -0.15) is 5.10 Å². The summed E-state index contributed by atoms with van der Waals surface area (Å²) in [5.41, 5.74) is 10.4. The van der Waals surface area contributed by atoms with Crippen molar-refractivity contribution in [1.82, 2.24) is 14.6 Å². The number of para-hydroxylation sites is 2. The molecule has 3 N–H and O–H groups in total. The first-order valence-corrected chi connectivity index (χ1v) is 11.5. The Morgan fingerprint density at radius 2 is 2.03 bits per heavy atom. The SMILES string of the molecule is NCC1CCCCN1c1ccccc1NC(=O)c1ccn2ncc(-c3cccc(Cl)c3)c2n1. The van der Waals surface area contributed by atoms with Crippen molar-refractivity contribution >= 4 is 34.5 Å². The van der Waals surface area contributed by atoms with E-state index >= 15 is 0 Å². The largest absolute Gasteiger partial charge is 0.366 e. The number of hydrogen-bond acceptors (Lipinski definition) is 5. The highest BCUT2D eigenvalue weighted by Crippen LogP contribution is 2.31. The van der Waals surface area contributed by atoms with E-state index in [1.807, 2.05) is 48.5 Å². The predicted octanol–water partition coefficient (Wildman–Crippen LogP) is 4.62. The summed E-state index contributed by atoms with van der Waals surface area (Å²) in [6, 6.07) is 17.3. The van der Waals surface area contributed by atoms with Crippen molar-refractivity contribution in [1.29, 1.82) is 0 Å². The molecule has 2 aromatic heterocycles. The summed E-state index contributed by atoms with van der Waals surface area (Å²) in [4.78, 5) is 20.1. The molecule has 7 nitrogen and oxygen atoms in total. The Bertz CT molecular complexity index is 1300. The van der Waals surface area contributed by atoms with Crippen molar-refractivity contribution in [3.05, 3.63) is 77.7 Å². The van der Waals surface area contributed by atoms with Crippen molar-refractivity contribution in [2.24, 2.45) is 5.73 Å². The zero-order chi connectivity index (χ0) is 22.8. The number of aromatic nitrogens is 3. The highest BCUT2D eigenvalue weighted by Gasteiger charge is 2.24. The lowest BCUT2D eigenvalue weighted by Gasteiger charge is -2.38. The second-order valence-electron chi connectivity index (χ2n) is 8.20. The third kappa shape index (κ3) is 4.29. The second-order valence-corrected chi connectivity index (χ2v) is 8.64. The molecule has 1 saturated heterocycles. The normalized spacial score (nSPS) is 16.2. The van der Waals surface area contributed by atoms with E-state index in [1.54, 1.807) is 23.0 Å². The van der Waals surface area contributed by atoms with Crippen LogP contribution in [-0.2, 0) is 0 Å². The van der Waals surface area contributed by atoms with Gasteiger partial charge in [-0.25, -0.2) is 9.50 Å². The molecule has 1 fully saturated rings. The topological polar surface area (TPSA) is 88.5 Å². The average Bonchev–Trinajstić information content (AvgIpc) is 3.28. The molecule has 0 saturated carbocycles. The molecular weight excluding hydrogens is 436 g/mol. The number of fused-ring (bicyclic) bond motifs is 1. The Morgan fingerprint density at radius 1 is 1.15 bits per heavy atom. The number of benzene rings is 2. The van der Waals surface area contributed by atoms with Crippen LogP contribution in [0.15, 0.2) is 67.0 Å². The van der Waals surface area contributed by atoms with Crippen LogP contribution >= 0.6 is 11.6 Å². The van der Waals surface area contributed by atoms with Gasteiger partial charge < -0.3 is 16.0 Å². The first-order valence-electron chi connectivity index (χ1n) is 11.1. The Kier molecular flexibility index (Phi) is 5.98. The minimum atomic E-state index is -0.274. The van der Waals surface area contributed by atoms with E-state index in [1.165, 1.54) is 6.42 Å². The van der Waals surface area contributed by atoms with Crippen LogP contribution in [0.2, 0.25) is 5.02 Å². The summed E-state index contributed by atoms with van der Waals surface area (Å²) < 4.78 is 1.65. The number of amides is 1. The first kappa shape index (κ1) is 21.4. The van der Waals surface area contributed by atoms with Crippen LogP contribution in [0.1, 0.15) is 29.8 Å². The van der Waals surface area contributed by atoms with Gasteiger partial charge in [0.2, 0.25) is 0 Å². The van der Waals surface area contributed by atoms with Crippen LogP contribution in [0.3, 0.4) is 0 Å². The van der Waals surface area contributed by atoms with Crippen molar-refractivity contribution in [3.8, 4) is 11.1 Å². The lowest BCUT2D eigenvalue weighted by atomic mass is 10.0. The molecule has 0 aliphatic carbocycles. The molecule has 33 heavy (non-hydrogen) atoms. The Morgan fingerprint density at radius 3 is 2.88 bits per heavy atom. The molecule has 4 aromatic rings. The Hall–Kier alpha value is -3.42. The number of nitrogens with zero attached hydrogens (tertiary/aromatic N) is 4. The standard InChI is InChI=1S/C25H25ClN6O/c26-18-7-5-6-17(14-18)20-16-28-32-13-11-22(29-24(20)32)25(33)30-21-9-1-2-10-23(21)31-12-4-3-8-19(31)15-27/h1-2,5-7,9-11,13-14,16,19H,3-4,8,12,15,27H2,(H,30,33). The molecule has 0 bridgehead atoms. The van der Waals surface area contributed by atoms with Gasteiger partial charge in [0, 0.05) is 35.9 Å². The van der Waals surface area contributed by atoms with Gasteiger partial charge in [-0.15, -0.1) is 0 Å². The number of hydrogen-bond donors (Lipinski definition) is 2. The molecule has 3 heterocycles. The van der Waals surface area contributed by atoms with E-state index in [0.29, 0.717) is 22.9 Å². The smallest absolute Gasteiger partial charge is 0.274 e. The summed E-state index contributed by atoms with van der Waals surface area (Å²) in [7, 11) is 0. The van der Waals surface area contributed by atoms with Gasteiger partial charge >= 0.3 is 0 Å². The van der Waals surface area contributed by atoms with Gasteiger partial charge in [0.1, 0.15) is 5.69 Å². The monoisotopic (exact) mass is 460 g/mol. The van der Waals surface area contributed by atoms with E-state index in [0.717, 1.165) is 41.9 Å². The maximum absolute atomic E-state index is 13.2. The van der Waals surface area contributed by atoms with Crippen molar-refractivity contribution in [2.45, 2.75) is 25.3 Å². The molecule has 5 rings (SSSR count). The minimum absolute atomic E-state index is 0.274. The van der Waals surface area contributed by atoms with Crippen LogP contribution in [0, 0.1) is 0 Å². The third-order valence-electron chi connectivity index (χ3n) is 6.10. The molecule has 0 spiro atoms. The molecule has 168 valence electrons. The van der Waals surface area contributed by atoms with Gasteiger partial charge in [0.25, 0.3) is 5.91 Å². The Labute approximate surface area is 197 Å². The second kappa shape index (κ2) is 9.21. The van der Waals surface area contributed by atoms with E-state index < -0.39 is 0 Å². The molecule has 2 aromatic carbocycles. The van der Waals surface area contributed by atoms with Crippen molar-refractivity contribution in [2.75, 3.05) is 23.3 Å². The summed E-state index contributed by atoms with van der Waals surface area (Å²) in [6.07, 6.45) is 6.83. The van der Waals surface area contributed by atoms with Gasteiger partial charge in [-0.1, -0.05) is 35.9 Å². The molecule has 0 radical (unpaired) electrons. The van der Waals surface area contributed by atoms with Crippen LogP contribution in [-0.4, -0.2) is 39.6 Å². The van der Waals surface area contributed by atoms with Crippen molar-refractivity contribution in [3.63, 3.8) is 0 Å². The van der Waals surface area contributed by atoms with Gasteiger partial charge in [-0.05, 0) is 55.2 Å². The van der Waals surface area contributed by atoms with Crippen LogP contribution in [0.25, 0.3) is 16.8 Å². The first-order chi connectivity index (χ1) is 16.1. The maximum Gasteiger partial charge on any atom is 0.274 e. The van der Waals surface area contributed by atoms with E-state index in [2.05, 4.69) is 20.3 Å². The van der Waals surface area contributed by atoms with Crippen LogP contribution in [0.4, 0.5) is 11.4 Å². The van der Waals surface area contributed by atoms with E-state index in [-0.39, 0.29) is 11.9 Å². The molecule has 8 heteroatoms. The third-order valence-corrected chi connectivity index (χ3v) is 6.33. The number of nitrogens with two attached hydrogens (primary N) is 1. The summed E-state index contributed by atoms with van der Waals surface area (Å²) in [5, 5.41) is 8.05. The number of halogens is 1. The predicted molar refractivity (Wildman–Crippen MR) is 132 cm³/mol. The lowest BCUT2D eigenvalue weighted by molar-refractivity contribution is 0.102. The molecule has 1 atom stereocenters. The molecule has 1 amide bonds. The molecular formula is C25H25ClN6O. The molecule has 1 aliphatic rings. The van der Waals surface area contributed by atoms with E-state index in [4.69, 9.17) is 17.3 Å². The number of rotatable bonds is 5. The molecule has 1 aliphatic heterocycles.